The highest BCUT2D eigenvalue weighted by atomic mass is 16.5. The lowest BCUT2D eigenvalue weighted by atomic mass is 10.2. The van der Waals surface area contributed by atoms with Gasteiger partial charge in [-0.2, -0.15) is 0 Å². The number of rotatable bonds is 4. The zero-order valence-electron chi connectivity index (χ0n) is 6.86. The summed E-state index contributed by atoms with van der Waals surface area (Å²) in [6.45, 7) is 0.586. The molecule has 0 fully saturated rings. The van der Waals surface area contributed by atoms with E-state index in [0.717, 1.165) is 5.56 Å². The molecule has 0 heterocycles. The van der Waals surface area contributed by atoms with Crippen molar-refractivity contribution in [1.82, 2.24) is 0 Å². The van der Waals surface area contributed by atoms with Crippen molar-refractivity contribution in [2.24, 2.45) is 0 Å². The fraction of sp³-hybridized carbons (Fsp3) is 0.250. The van der Waals surface area contributed by atoms with Crippen LogP contribution < -0.4 is 4.65 Å². The van der Waals surface area contributed by atoms with Gasteiger partial charge in [0.1, 0.15) is 0 Å². The van der Waals surface area contributed by atoms with Crippen LogP contribution in [0.4, 0.5) is 0 Å². The van der Waals surface area contributed by atoms with E-state index in [1.807, 2.05) is 12.1 Å². The lowest BCUT2D eigenvalue weighted by molar-refractivity contribution is 0.185. The van der Waals surface area contributed by atoms with Crippen molar-refractivity contribution in [3.8, 4) is 5.75 Å². The standard InChI is InChI=1S/C8H10BO3/c1-11-6-7-2-4-8(5-3-7)12-9-10/h2-5,10H,6H2,1H3. The topological polar surface area (TPSA) is 38.7 Å². The maximum absolute atomic E-state index is 8.32. The van der Waals surface area contributed by atoms with Crippen LogP contribution in [0, 0.1) is 0 Å². The molecule has 0 unspecified atom stereocenters. The van der Waals surface area contributed by atoms with Gasteiger partial charge in [0.15, 0.2) is 0 Å². The predicted molar refractivity (Wildman–Crippen MR) is 45.8 cm³/mol. The Hall–Kier alpha value is -0.995. The van der Waals surface area contributed by atoms with Crippen molar-refractivity contribution < 1.29 is 14.4 Å². The van der Waals surface area contributed by atoms with E-state index in [4.69, 9.17) is 14.4 Å². The predicted octanol–water partition coefficient (Wildman–Crippen LogP) is 0.738. The second kappa shape index (κ2) is 4.80. The Balaban J connectivity index is 2.58. The molecule has 1 aromatic carbocycles. The van der Waals surface area contributed by atoms with Gasteiger partial charge >= 0.3 is 7.69 Å². The number of methoxy groups -OCH3 is 1. The third-order valence-electron chi connectivity index (χ3n) is 1.42. The lowest BCUT2D eigenvalue weighted by Gasteiger charge is -2.02. The summed E-state index contributed by atoms with van der Waals surface area (Å²) in [5.74, 6) is 0.609. The van der Waals surface area contributed by atoms with Crippen LogP contribution in [0.1, 0.15) is 5.56 Å². The van der Waals surface area contributed by atoms with Gasteiger partial charge in [0.05, 0.1) is 12.4 Å². The van der Waals surface area contributed by atoms with E-state index in [-0.39, 0.29) is 0 Å². The summed E-state index contributed by atoms with van der Waals surface area (Å²) in [6.07, 6.45) is 0. The first-order valence-electron chi connectivity index (χ1n) is 3.57. The molecule has 0 atom stereocenters. The van der Waals surface area contributed by atoms with Gasteiger partial charge in [0.25, 0.3) is 0 Å². The van der Waals surface area contributed by atoms with Crippen molar-refractivity contribution in [2.75, 3.05) is 7.11 Å². The molecule has 0 saturated carbocycles. The normalized spacial score (nSPS) is 9.50. The highest BCUT2D eigenvalue weighted by Crippen LogP contribution is 2.11. The average molecular weight is 165 g/mol. The van der Waals surface area contributed by atoms with Crippen molar-refractivity contribution in [1.29, 1.82) is 0 Å². The van der Waals surface area contributed by atoms with Crippen LogP contribution in [-0.2, 0) is 11.3 Å². The van der Waals surface area contributed by atoms with Crippen LogP contribution in [-0.4, -0.2) is 19.8 Å². The average Bonchev–Trinajstić information content (AvgIpc) is 2.09. The minimum atomic E-state index is 0.586. The Labute approximate surface area is 72.2 Å². The zero-order valence-corrected chi connectivity index (χ0v) is 6.86. The summed E-state index contributed by atoms with van der Waals surface area (Å²) in [5.41, 5.74) is 1.07. The SMILES string of the molecule is COCc1ccc(O[B]O)cc1. The molecule has 1 radical (unpaired) electrons. The van der Waals surface area contributed by atoms with Crippen molar-refractivity contribution in [3.63, 3.8) is 0 Å². The fourth-order valence-electron chi connectivity index (χ4n) is 0.892. The molecule has 0 aliphatic heterocycles. The van der Waals surface area contributed by atoms with Gasteiger partial charge in [-0.25, -0.2) is 0 Å². The number of ether oxygens (including phenoxy) is 1. The minimum Gasteiger partial charge on any atom is -0.537 e. The van der Waals surface area contributed by atoms with Crippen LogP contribution in [0.2, 0.25) is 0 Å². The molecule has 0 bridgehead atoms. The van der Waals surface area contributed by atoms with Gasteiger partial charge < -0.3 is 14.4 Å². The third-order valence-corrected chi connectivity index (χ3v) is 1.42. The molecule has 4 heteroatoms. The van der Waals surface area contributed by atoms with E-state index in [1.165, 1.54) is 0 Å². The second-order valence-corrected chi connectivity index (χ2v) is 2.30. The van der Waals surface area contributed by atoms with Crippen molar-refractivity contribution >= 4 is 7.69 Å². The number of hydrogen-bond acceptors (Lipinski definition) is 3. The van der Waals surface area contributed by atoms with Gasteiger partial charge in [-0.3, -0.25) is 0 Å². The molecule has 1 rings (SSSR count). The molecule has 0 spiro atoms. The molecule has 0 saturated heterocycles. The van der Waals surface area contributed by atoms with Crippen LogP contribution in [0.3, 0.4) is 0 Å². The Morgan fingerprint density at radius 1 is 1.33 bits per heavy atom. The first kappa shape index (κ1) is 9.10. The fourth-order valence-corrected chi connectivity index (χ4v) is 0.892. The van der Waals surface area contributed by atoms with Crippen LogP contribution >= 0.6 is 0 Å². The second-order valence-electron chi connectivity index (χ2n) is 2.30. The molecule has 0 amide bonds. The molecule has 0 aromatic heterocycles. The summed E-state index contributed by atoms with van der Waals surface area (Å²) >= 11 is 0. The van der Waals surface area contributed by atoms with Crippen molar-refractivity contribution in [3.05, 3.63) is 29.8 Å². The van der Waals surface area contributed by atoms with E-state index in [1.54, 1.807) is 19.2 Å². The molecular formula is C8H10BO3. The van der Waals surface area contributed by atoms with Gasteiger partial charge in [-0.15, -0.1) is 0 Å². The third kappa shape index (κ3) is 2.56. The van der Waals surface area contributed by atoms with Crippen LogP contribution in [0.15, 0.2) is 24.3 Å². The lowest BCUT2D eigenvalue weighted by Crippen LogP contribution is -1.99. The van der Waals surface area contributed by atoms with Crippen LogP contribution in [0.25, 0.3) is 0 Å². The highest BCUT2D eigenvalue weighted by molar-refractivity contribution is 6.17. The van der Waals surface area contributed by atoms with E-state index in [2.05, 4.69) is 0 Å². The van der Waals surface area contributed by atoms with Gasteiger partial charge in [0, 0.05) is 7.11 Å². The van der Waals surface area contributed by atoms with Gasteiger partial charge in [-0.1, -0.05) is 12.1 Å². The molecule has 0 aliphatic carbocycles. The number of hydrogen-bond donors (Lipinski definition) is 1. The molecule has 63 valence electrons. The number of benzene rings is 1. The Bertz CT molecular complexity index is 197. The largest absolute Gasteiger partial charge is 0.569 e. The molecule has 1 N–H and O–H groups in total. The maximum Gasteiger partial charge on any atom is 0.569 e. The molecule has 1 aromatic rings. The highest BCUT2D eigenvalue weighted by Gasteiger charge is 1.94. The van der Waals surface area contributed by atoms with Gasteiger partial charge in [0.2, 0.25) is 0 Å². The summed E-state index contributed by atoms with van der Waals surface area (Å²) in [5, 5.41) is 8.32. The summed E-state index contributed by atoms with van der Waals surface area (Å²) in [4.78, 5) is 0. The first-order valence-corrected chi connectivity index (χ1v) is 3.57. The van der Waals surface area contributed by atoms with E-state index in [9.17, 15) is 0 Å². The smallest absolute Gasteiger partial charge is 0.537 e. The van der Waals surface area contributed by atoms with E-state index >= 15 is 0 Å². The van der Waals surface area contributed by atoms with E-state index in [0.29, 0.717) is 20.0 Å². The molecule has 0 aliphatic rings. The molecule has 3 nitrogen and oxygen atoms in total. The Morgan fingerprint density at radius 2 is 2.00 bits per heavy atom. The summed E-state index contributed by atoms with van der Waals surface area (Å²) < 4.78 is 9.66. The monoisotopic (exact) mass is 165 g/mol. The first-order chi connectivity index (χ1) is 5.86. The zero-order chi connectivity index (χ0) is 8.81. The molecular weight excluding hydrogens is 155 g/mol. The minimum absolute atomic E-state index is 0.586. The molecule has 12 heavy (non-hydrogen) atoms. The van der Waals surface area contributed by atoms with E-state index < -0.39 is 0 Å². The summed E-state index contributed by atoms with van der Waals surface area (Å²) in [6, 6.07) is 7.28. The van der Waals surface area contributed by atoms with Crippen LogP contribution in [0.5, 0.6) is 5.75 Å². The Kier molecular flexibility index (Phi) is 3.64. The van der Waals surface area contributed by atoms with Crippen molar-refractivity contribution in [2.45, 2.75) is 6.61 Å². The van der Waals surface area contributed by atoms with Gasteiger partial charge in [-0.05, 0) is 17.7 Å². The quantitative estimate of drug-likeness (QED) is 0.668. The summed E-state index contributed by atoms with van der Waals surface area (Å²) in [7, 11) is 2.30. The Morgan fingerprint density at radius 3 is 2.50 bits per heavy atom. The maximum atomic E-state index is 8.32.